The van der Waals surface area contributed by atoms with Crippen LogP contribution in [0.4, 0.5) is 0 Å². The van der Waals surface area contributed by atoms with Crippen LogP contribution in [-0.2, 0) is 0 Å². The molecule has 20 heavy (non-hydrogen) atoms. The highest BCUT2D eigenvalue weighted by Gasteiger charge is 2.11. The lowest BCUT2D eigenvalue weighted by Gasteiger charge is -1.94. The summed E-state index contributed by atoms with van der Waals surface area (Å²) < 4.78 is 5.28. The number of hydrogen-bond donors (Lipinski definition) is 1. The van der Waals surface area contributed by atoms with E-state index in [-0.39, 0.29) is 0 Å². The number of aromatic nitrogens is 5. The molecule has 0 spiro atoms. The fraction of sp³-hybridized carbons (Fsp3) is 0. The molecule has 3 aromatic heterocycles. The third-order valence-electron chi connectivity index (χ3n) is 3.03. The maximum absolute atomic E-state index is 5.28. The van der Waals surface area contributed by atoms with Gasteiger partial charge in [-0.15, -0.1) is 0 Å². The van der Waals surface area contributed by atoms with E-state index in [4.69, 9.17) is 4.52 Å². The molecule has 0 unspecified atom stereocenters. The van der Waals surface area contributed by atoms with Gasteiger partial charge in [-0.1, -0.05) is 5.16 Å². The predicted molar refractivity (Wildman–Crippen MR) is 72.6 cm³/mol. The lowest BCUT2D eigenvalue weighted by Crippen LogP contribution is -1.82. The van der Waals surface area contributed by atoms with Crippen LogP contribution in [0, 0.1) is 0 Å². The molecule has 0 fully saturated rings. The van der Waals surface area contributed by atoms with Gasteiger partial charge >= 0.3 is 0 Å². The van der Waals surface area contributed by atoms with E-state index in [0.29, 0.717) is 11.7 Å². The van der Waals surface area contributed by atoms with Crippen molar-refractivity contribution in [3.8, 4) is 22.8 Å². The average Bonchev–Trinajstić information content (AvgIpc) is 3.16. The van der Waals surface area contributed by atoms with Crippen molar-refractivity contribution >= 4 is 11.0 Å². The Hall–Kier alpha value is -3.02. The molecule has 0 aliphatic rings. The number of nitrogens with one attached hydrogen (secondary N) is 1. The molecule has 0 amide bonds. The molecule has 1 aromatic carbocycles. The molecule has 6 nitrogen and oxygen atoms in total. The number of pyridine rings is 1. The Labute approximate surface area is 113 Å². The van der Waals surface area contributed by atoms with Crippen molar-refractivity contribution in [2.75, 3.05) is 0 Å². The standard InChI is InChI=1S/C14H9N5O/c1-2-11-12(17-8-16-11)7-10(1)13-18-14(20-19-13)9-3-5-15-6-4-9/h1-8H,(H,16,17). The molecule has 96 valence electrons. The maximum Gasteiger partial charge on any atom is 0.258 e. The van der Waals surface area contributed by atoms with Gasteiger partial charge in [-0.2, -0.15) is 4.98 Å². The predicted octanol–water partition coefficient (Wildman–Crippen LogP) is 2.67. The van der Waals surface area contributed by atoms with Crippen molar-refractivity contribution in [2.24, 2.45) is 0 Å². The fourth-order valence-electron chi connectivity index (χ4n) is 2.03. The summed E-state index contributed by atoms with van der Waals surface area (Å²) >= 11 is 0. The van der Waals surface area contributed by atoms with Gasteiger partial charge in [-0.3, -0.25) is 4.98 Å². The zero-order valence-corrected chi connectivity index (χ0v) is 10.3. The van der Waals surface area contributed by atoms with Crippen LogP contribution >= 0.6 is 0 Å². The third-order valence-corrected chi connectivity index (χ3v) is 3.03. The van der Waals surface area contributed by atoms with Crippen LogP contribution in [0.3, 0.4) is 0 Å². The summed E-state index contributed by atoms with van der Waals surface area (Å²) in [5.74, 6) is 1.03. The molecule has 0 bridgehead atoms. The SMILES string of the molecule is c1cc(-c2nc(-c3ccc4nc[nH]c4c3)no2)ccn1. The molecule has 1 N–H and O–H groups in total. The van der Waals surface area contributed by atoms with Crippen molar-refractivity contribution in [3.05, 3.63) is 49.1 Å². The van der Waals surface area contributed by atoms with E-state index >= 15 is 0 Å². The molecule has 0 saturated carbocycles. The van der Waals surface area contributed by atoms with E-state index in [9.17, 15) is 0 Å². The molecule has 0 radical (unpaired) electrons. The van der Waals surface area contributed by atoms with Gasteiger partial charge in [-0.05, 0) is 30.3 Å². The first-order chi connectivity index (χ1) is 9.90. The summed E-state index contributed by atoms with van der Waals surface area (Å²) in [6.45, 7) is 0. The lowest BCUT2D eigenvalue weighted by atomic mass is 10.2. The third kappa shape index (κ3) is 1.74. The first kappa shape index (κ1) is 10.9. The largest absolute Gasteiger partial charge is 0.345 e. The minimum absolute atomic E-state index is 0.479. The van der Waals surface area contributed by atoms with Crippen LogP contribution in [0.2, 0.25) is 0 Å². The number of rotatable bonds is 2. The molecule has 0 saturated heterocycles. The van der Waals surface area contributed by atoms with Crippen molar-refractivity contribution in [1.29, 1.82) is 0 Å². The summed E-state index contributed by atoms with van der Waals surface area (Å²) in [5.41, 5.74) is 3.58. The van der Waals surface area contributed by atoms with Crippen LogP contribution in [0.25, 0.3) is 33.9 Å². The number of nitrogens with zero attached hydrogens (tertiary/aromatic N) is 4. The van der Waals surface area contributed by atoms with Crippen LogP contribution < -0.4 is 0 Å². The van der Waals surface area contributed by atoms with Gasteiger partial charge in [0, 0.05) is 23.5 Å². The quantitative estimate of drug-likeness (QED) is 0.601. The number of imidazole rings is 1. The Morgan fingerprint density at radius 2 is 1.90 bits per heavy atom. The fourth-order valence-corrected chi connectivity index (χ4v) is 2.03. The molecule has 3 heterocycles. The van der Waals surface area contributed by atoms with E-state index in [1.54, 1.807) is 18.7 Å². The molecule has 0 atom stereocenters. The zero-order valence-electron chi connectivity index (χ0n) is 10.3. The van der Waals surface area contributed by atoms with Crippen LogP contribution in [0.5, 0.6) is 0 Å². The van der Waals surface area contributed by atoms with Crippen LogP contribution in [0.1, 0.15) is 0 Å². The Morgan fingerprint density at radius 3 is 2.80 bits per heavy atom. The molecule has 0 aliphatic carbocycles. The van der Waals surface area contributed by atoms with Gasteiger partial charge in [0.15, 0.2) is 0 Å². The number of fused-ring (bicyclic) bond motifs is 1. The van der Waals surface area contributed by atoms with Crippen LogP contribution in [0.15, 0.2) is 53.6 Å². The van der Waals surface area contributed by atoms with Crippen molar-refractivity contribution in [1.82, 2.24) is 25.1 Å². The minimum atomic E-state index is 0.479. The van der Waals surface area contributed by atoms with Gasteiger partial charge in [0.05, 0.1) is 17.4 Å². The monoisotopic (exact) mass is 263 g/mol. The Kier molecular flexibility index (Phi) is 2.32. The molecule has 4 aromatic rings. The number of hydrogen-bond acceptors (Lipinski definition) is 5. The molecule has 6 heteroatoms. The first-order valence-corrected chi connectivity index (χ1v) is 6.08. The number of aromatic amines is 1. The Bertz CT molecular complexity index is 865. The van der Waals surface area contributed by atoms with Gasteiger partial charge in [-0.25, -0.2) is 4.98 Å². The van der Waals surface area contributed by atoms with Crippen molar-refractivity contribution < 1.29 is 4.52 Å². The van der Waals surface area contributed by atoms with Gasteiger partial charge < -0.3 is 9.51 Å². The Balaban J connectivity index is 1.77. The lowest BCUT2D eigenvalue weighted by molar-refractivity contribution is 0.432. The summed E-state index contributed by atoms with van der Waals surface area (Å²) in [7, 11) is 0. The second-order valence-electron chi connectivity index (χ2n) is 4.29. The van der Waals surface area contributed by atoms with E-state index in [2.05, 4.69) is 25.1 Å². The average molecular weight is 263 g/mol. The maximum atomic E-state index is 5.28. The highest BCUT2D eigenvalue weighted by Crippen LogP contribution is 2.23. The van der Waals surface area contributed by atoms with Gasteiger partial charge in [0.1, 0.15) is 0 Å². The van der Waals surface area contributed by atoms with E-state index in [1.807, 2.05) is 30.3 Å². The topological polar surface area (TPSA) is 80.5 Å². The number of benzene rings is 1. The summed E-state index contributed by atoms with van der Waals surface area (Å²) in [6.07, 6.45) is 5.04. The van der Waals surface area contributed by atoms with Crippen LogP contribution in [-0.4, -0.2) is 25.1 Å². The molecular formula is C14H9N5O. The van der Waals surface area contributed by atoms with Crippen molar-refractivity contribution in [3.63, 3.8) is 0 Å². The first-order valence-electron chi connectivity index (χ1n) is 6.08. The smallest absolute Gasteiger partial charge is 0.258 e. The summed E-state index contributed by atoms with van der Waals surface area (Å²) in [5, 5.41) is 4.01. The van der Waals surface area contributed by atoms with E-state index in [1.165, 1.54) is 0 Å². The summed E-state index contributed by atoms with van der Waals surface area (Å²) in [6, 6.07) is 9.45. The van der Waals surface area contributed by atoms with Crippen molar-refractivity contribution in [2.45, 2.75) is 0 Å². The second-order valence-corrected chi connectivity index (χ2v) is 4.29. The molecule has 0 aliphatic heterocycles. The van der Waals surface area contributed by atoms with Gasteiger partial charge in [0.25, 0.3) is 5.89 Å². The Morgan fingerprint density at radius 1 is 1.00 bits per heavy atom. The highest BCUT2D eigenvalue weighted by molar-refractivity contribution is 5.80. The summed E-state index contributed by atoms with van der Waals surface area (Å²) in [4.78, 5) is 15.6. The molecular weight excluding hydrogens is 254 g/mol. The van der Waals surface area contributed by atoms with Gasteiger partial charge in [0.2, 0.25) is 5.82 Å². The minimum Gasteiger partial charge on any atom is -0.345 e. The normalized spacial score (nSPS) is 11.0. The molecule has 4 rings (SSSR count). The highest BCUT2D eigenvalue weighted by atomic mass is 16.5. The zero-order chi connectivity index (χ0) is 13.4. The number of H-pyrrole nitrogens is 1. The van der Waals surface area contributed by atoms with E-state index in [0.717, 1.165) is 22.2 Å². The second kappa shape index (κ2) is 4.27. The van der Waals surface area contributed by atoms with E-state index < -0.39 is 0 Å².